The summed E-state index contributed by atoms with van der Waals surface area (Å²) in [6.07, 6.45) is 0. The number of hydrogen-bond acceptors (Lipinski definition) is 6. The van der Waals surface area contributed by atoms with E-state index in [1.165, 1.54) is 4.88 Å². The van der Waals surface area contributed by atoms with E-state index in [2.05, 4.69) is 11.4 Å². The number of carbonyl (C=O) groups excluding carboxylic acids is 2. The molecule has 0 saturated heterocycles. The van der Waals surface area contributed by atoms with Crippen molar-refractivity contribution in [2.24, 2.45) is 0 Å². The molecule has 2 aromatic rings. The highest BCUT2D eigenvalue weighted by atomic mass is 35.5. The Bertz CT molecular complexity index is 722. The van der Waals surface area contributed by atoms with Crippen LogP contribution in [0.5, 0.6) is 5.75 Å². The molecule has 0 unspecified atom stereocenters. The fraction of sp³-hybridized carbons (Fsp3) is 0.333. The second kappa shape index (κ2) is 11.1. The SMILES string of the molecule is Cc1cc(Cl)ccc1OCC(=O)OCC(=O)NCCSCc1cccs1. The lowest BCUT2D eigenvalue weighted by molar-refractivity contribution is -0.150. The molecule has 0 atom stereocenters. The van der Waals surface area contributed by atoms with Crippen LogP contribution in [-0.2, 0) is 20.1 Å². The first-order valence-corrected chi connectivity index (χ1v) is 10.4. The lowest BCUT2D eigenvalue weighted by Gasteiger charge is -2.09. The third-order valence-electron chi connectivity index (χ3n) is 3.24. The Balaban J connectivity index is 1.54. The first-order valence-electron chi connectivity index (χ1n) is 7.96. The number of aryl methyl sites for hydroxylation is 1. The molecule has 0 radical (unpaired) electrons. The van der Waals surface area contributed by atoms with Crippen LogP contribution in [0.3, 0.4) is 0 Å². The van der Waals surface area contributed by atoms with E-state index in [4.69, 9.17) is 21.1 Å². The van der Waals surface area contributed by atoms with Crippen LogP contribution in [0.1, 0.15) is 10.4 Å². The summed E-state index contributed by atoms with van der Waals surface area (Å²) < 4.78 is 10.3. The number of rotatable bonds is 10. The van der Waals surface area contributed by atoms with Gasteiger partial charge in [-0.05, 0) is 42.1 Å². The van der Waals surface area contributed by atoms with E-state index in [1.807, 2.05) is 18.4 Å². The zero-order valence-corrected chi connectivity index (χ0v) is 16.7. The Morgan fingerprint density at radius 1 is 1.27 bits per heavy atom. The van der Waals surface area contributed by atoms with Crippen LogP contribution in [-0.4, -0.2) is 37.4 Å². The summed E-state index contributed by atoms with van der Waals surface area (Å²) in [5.41, 5.74) is 0.822. The highest BCUT2D eigenvalue weighted by Crippen LogP contribution is 2.21. The van der Waals surface area contributed by atoms with Crippen LogP contribution in [0, 0.1) is 6.92 Å². The minimum atomic E-state index is -0.596. The monoisotopic (exact) mass is 413 g/mol. The predicted molar refractivity (Wildman–Crippen MR) is 106 cm³/mol. The highest BCUT2D eigenvalue weighted by molar-refractivity contribution is 7.98. The topological polar surface area (TPSA) is 64.6 Å². The molecule has 0 spiro atoms. The summed E-state index contributed by atoms with van der Waals surface area (Å²) in [4.78, 5) is 24.6. The van der Waals surface area contributed by atoms with Crippen molar-refractivity contribution < 1.29 is 19.1 Å². The first kappa shape index (κ1) is 20.6. The molecule has 0 aliphatic carbocycles. The number of ether oxygens (including phenoxy) is 2. The molecule has 0 aliphatic rings. The molecule has 1 heterocycles. The molecular weight excluding hydrogens is 394 g/mol. The van der Waals surface area contributed by atoms with Crippen LogP contribution < -0.4 is 10.1 Å². The van der Waals surface area contributed by atoms with Crippen molar-refractivity contribution in [3.05, 3.63) is 51.2 Å². The van der Waals surface area contributed by atoms with E-state index in [-0.39, 0.29) is 19.1 Å². The molecule has 140 valence electrons. The second-order valence-electron chi connectivity index (χ2n) is 5.34. The Morgan fingerprint density at radius 2 is 2.12 bits per heavy atom. The average Bonchev–Trinajstić information content (AvgIpc) is 3.12. The van der Waals surface area contributed by atoms with Gasteiger partial charge in [0.2, 0.25) is 0 Å². The number of esters is 1. The van der Waals surface area contributed by atoms with Crippen LogP contribution in [0.15, 0.2) is 35.7 Å². The molecule has 2 rings (SSSR count). The maximum atomic E-state index is 11.7. The fourth-order valence-corrected chi connectivity index (χ4v) is 3.91. The van der Waals surface area contributed by atoms with Crippen molar-refractivity contribution in [3.63, 3.8) is 0 Å². The van der Waals surface area contributed by atoms with Gasteiger partial charge in [-0.2, -0.15) is 11.8 Å². The van der Waals surface area contributed by atoms with Crippen molar-refractivity contribution in [1.82, 2.24) is 5.32 Å². The molecule has 1 aromatic heterocycles. The van der Waals surface area contributed by atoms with Gasteiger partial charge >= 0.3 is 5.97 Å². The van der Waals surface area contributed by atoms with Gasteiger partial charge in [-0.25, -0.2) is 4.79 Å². The number of carbonyl (C=O) groups is 2. The minimum absolute atomic E-state index is 0.258. The van der Waals surface area contributed by atoms with Gasteiger partial charge in [0.05, 0.1) is 0 Å². The van der Waals surface area contributed by atoms with Crippen LogP contribution in [0.2, 0.25) is 5.02 Å². The number of benzene rings is 1. The van der Waals surface area contributed by atoms with Gasteiger partial charge in [-0.15, -0.1) is 11.3 Å². The lowest BCUT2D eigenvalue weighted by Crippen LogP contribution is -2.31. The van der Waals surface area contributed by atoms with Gasteiger partial charge in [-0.3, -0.25) is 4.79 Å². The summed E-state index contributed by atoms with van der Waals surface area (Å²) in [5.74, 6) is 1.37. The van der Waals surface area contributed by atoms with E-state index in [9.17, 15) is 9.59 Å². The van der Waals surface area contributed by atoms with Crippen molar-refractivity contribution in [2.75, 3.05) is 25.5 Å². The van der Waals surface area contributed by atoms with Gasteiger partial charge in [0.25, 0.3) is 5.91 Å². The van der Waals surface area contributed by atoms with Gasteiger partial charge in [0.15, 0.2) is 13.2 Å². The van der Waals surface area contributed by atoms with Crippen molar-refractivity contribution in [1.29, 1.82) is 0 Å². The number of hydrogen-bond donors (Lipinski definition) is 1. The number of nitrogens with one attached hydrogen (secondary N) is 1. The number of thioether (sulfide) groups is 1. The lowest BCUT2D eigenvalue weighted by atomic mass is 10.2. The van der Waals surface area contributed by atoms with E-state index in [0.717, 1.165) is 17.1 Å². The molecule has 0 saturated carbocycles. The predicted octanol–water partition coefficient (Wildman–Crippen LogP) is 3.68. The van der Waals surface area contributed by atoms with Gasteiger partial charge in [0, 0.05) is 28.0 Å². The zero-order chi connectivity index (χ0) is 18.8. The maximum absolute atomic E-state index is 11.7. The first-order chi connectivity index (χ1) is 12.5. The van der Waals surface area contributed by atoms with Crippen molar-refractivity contribution >= 4 is 46.6 Å². The van der Waals surface area contributed by atoms with Crippen molar-refractivity contribution in [2.45, 2.75) is 12.7 Å². The minimum Gasteiger partial charge on any atom is -0.482 e. The molecular formula is C18H20ClNO4S2. The Morgan fingerprint density at radius 3 is 2.85 bits per heavy atom. The molecule has 8 heteroatoms. The molecule has 1 aromatic carbocycles. The number of halogens is 1. The smallest absolute Gasteiger partial charge is 0.344 e. The molecule has 26 heavy (non-hydrogen) atoms. The third kappa shape index (κ3) is 7.68. The third-order valence-corrected chi connectivity index (χ3v) is 5.54. The van der Waals surface area contributed by atoms with E-state index >= 15 is 0 Å². The second-order valence-corrected chi connectivity index (χ2v) is 7.91. The van der Waals surface area contributed by atoms with Crippen LogP contribution in [0.4, 0.5) is 0 Å². The van der Waals surface area contributed by atoms with E-state index in [1.54, 1.807) is 41.3 Å². The Labute approximate surface area is 166 Å². The van der Waals surface area contributed by atoms with Crippen molar-refractivity contribution in [3.8, 4) is 5.75 Å². The van der Waals surface area contributed by atoms with Gasteiger partial charge < -0.3 is 14.8 Å². The average molecular weight is 414 g/mol. The largest absolute Gasteiger partial charge is 0.482 e. The van der Waals surface area contributed by atoms with Crippen LogP contribution in [0.25, 0.3) is 0 Å². The van der Waals surface area contributed by atoms with E-state index < -0.39 is 5.97 Å². The standard InChI is InChI=1S/C18H20ClNO4S2/c1-13-9-14(19)4-5-16(13)23-11-18(22)24-10-17(21)20-6-8-25-12-15-3-2-7-26-15/h2-5,7,9H,6,8,10-12H2,1H3,(H,20,21). The quantitative estimate of drug-likeness (QED) is 0.475. The fourth-order valence-electron chi connectivity index (χ4n) is 1.98. The molecule has 0 fully saturated rings. The summed E-state index contributed by atoms with van der Waals surface area (Å²) in [5, 5.41) is 5.36. The van der Waals surface area contributed by atoms with Gasteiger partial charge in [0.1, 0.15) is 5.75 Å². The van der Waals surface area contributed by atoms with Gasteiger partial charge in [-0.1, -0.05) is 17.7 Å². The maximum Gasteiger partial charge on any atom is 0.344 e. The highest BCUT2D eigenvalue weighted by Gasteiger charge is 2.09. The summed E-state index contributed by atoms with van der Waals surface area (Å²) in [6.45, 7) is 1.80. The molecule has 0 bridgehead atoms. The number of thiophene rings is 1. The normalized spacial score (nSPS) is 10.4. The summed E-state index contributed by atoms with van der Waals surface area (Å²) in [7, 11) is 0. The van der Waals surface area contributed by atoms with E-state index in [0.29, 0.717) is 17.3 Å². The molecule has 5 nitrogen and oxygen atoms in total. The number of amides is 1. The Hall–Kier alpha value is -1.70. The molecule has 1 N–H and O–H groups in total. The molecule has 0 aliphatic heterocycles. The Kier molecular flexibility index (Phi) is 8.80. The zero-order valence-electron chi connectivity index (χ0n) is 14.3. The molecule has 1 amide bonds. The summed E-state index contributed by atoms with van der Waals surface area (Å²) >= 11 is 9.32. The van der Waals surface area contributed by atoms with Crippen LogP contribution >= 0.6 is 34.7 Å². The summed E-state index contributed by atoms with van der Waals surface area (Å²) in [6, 6.07) is 9.22.